The van der Waals surface area contributed by atoms with Crippen LogP contribution in [0.3, 0.4) is 0 Å². The minimum absolute atomic E-state index is 0.220. The van der Waals surface area contributed by atoms with Crippen LogP contribution in [0.5, 0.6) is 5.75 Å². The largest absolute Gasteiger partial charge is 0.465 e. The van der Waals surface area contributed by atoms with Crippen LogP contribution >= 0.6 is 0 Å². The maximum absolute atomic E-state index is 12.1. The predicted octanol–water partition coefficient (Wildman–Crippen LogP) is 1.76. The summed E-state index contributed by atoms with van der Waals surface area (Å²) in [6, 6.07) is 9.03. The van der Waals surface area contributed by atoms with Gasteiger partial charge in [-0.25, -0.2) is 4.79 Å². The van der Waals surface area contributed by atoms with Crippen LogP contribution in [0.4, 0.5) is 4.79 Å². The number of rotatable bonds is 4. The zero-order valence-corrected chi connectivity index (χ0v) is 12.9. The van der Waals surface area contributed by atoms with Crippen molar-refractivity contribution in [2.24, 2.45) is 0 Å². The lowest BCUT2D eigenvalue weighted by Gasteiger charge is -2.20. The summed E-state index contributed by atoms with van der Waals surface area (Å²) in [5, 5.41) is 0. The van der Waals surface area contributed by atoms with Crippen LogP contribution in [0.2, 0.25) is 0 Å². The van der Waals surface area contributed by atoms with Crippen molar-refractivity contribution in [3.05, 3.63) is 30.3 Å². The first-order valence-electron chi connectivity index (χ1n) is 7.59. The number of carbonyl (C=O) groups is 2. The van der Waals surface area contributed by atoms with Gasteiger partial charge in [0.2, 0.25) is 0 Å². The molecule has 22 heavy (non-hydrogen) atoms. The Hall–Kier alpha value is -2.08. The van der Waals surface area contributed by atoms with Gasteiger partial charge in [-0.1, -0.05) is 18.2 Å². The summed E-state index contributed by atoms with van der Waals surface area (Å²) in [4.78, 5) is 27.3. The molecule has 2 rings (SSSR count). The van der Waals surface area contributed by atoms with E-state index >= 15 is 0 Å². The molecule has 0 radical (unpaired) electrons. The maximum Gasteiger partial charge on any atom is 0.415 e. The van der Waals surface area contributed by atoms with Crippen LogP contribution in [0.1, 0.15) is 13.3 Å². The minimum atomic E-state index is -0.343. The van der Waals surface area contributed by atoms with E-state index in [4.69, 9.17) is 9.47 Å². The molecule has 0 unspecified atom stereocenters. The van der Waals surface area contributed by atoms with Crippen molar-refractivity contribution < 1.29 is 19.1 Å². The Kier molecular flexibility index (Phi) is 6.21. The number of carbonyl (C=O) groups excluding carboxylic acids is 2. The van der Waals surface area contributed by atoms with Gasteiger partial charge in [-0.15, -0.1) is 0 Å². The Balaban J connectivity index is 1.82. The molecule has 0 aliphatic carbocycles. The van der Waals surface area contributed by atoms with Crippen molar-refractivity contribution in [2.75, 3.05) is 39.3 Å². The number of hydrogen-bond donors (Lipinski definition) is 0. The van der Waals surface area contributed by atoms with Crippen molar-refractivity contribution in [3.63, 3.8) is 0 Å². The molecule has 120 valence electrons. The normalized spacial score (nSPS) is 16.0. The van der Waals surface area contributed by atoms with Crippen LogP contribution in [0.25, 0.3) is 0 Å². The van der Waals surface area contributed by atoms with Crippen LogP contribution in [0, 0.1) is 0 Å². The Morgan fingerprint density at radius 2 is 1.86 bits per heavy atom. The molecular weight excluding hydrogens is 284 g/mol. The van der Waals surface area contributed by atoms with E-state index in [0.29, 0.717) is 32.0 Å². The molecule has 6 heteroatoms. The van der Waals surface area contributed by atoms with Crippen LogP contribution in [0.15, 0.2) is 30.3 Å². The van der Waals surface area contributed by atoms with E-state index in [1.165, 1.54) is 0 Å². The van der Waals surface area contributed by atoms with Gasteiger partial charge < -0.3 is 14.4 Å². The first-order chi connectivity index (χ1) is 10.7. The average molecular weight is 306 g/mol. The van der Waals surface area contributed by atoms with E-state index < -0.39 is 0 Å². The van der Waals surface area contributed by atoms with E-state index in [9.17, 15) is 9.59 Å². The summed E-state index contributed by atoms with van der Waals surface area (Å²) >= 11 is 0. The molecule has 6 nitrogen and oxygen atoms in total. The molecule has 0 N–H and O–H groups in total. The number of ether oxygens (including phenoxy) is 2. The van der Waals surface area contributed by atoms with Crippen molar-refractivity contribution in [1.29, 1.82) is 0 Å². The zero-order chi connectivity index (χ0) is 15.8. The Morgan fingerprint density at radius 1 is 1.09 bits per heavy atom. The third-order valence-corrected chi connectivity index (χ3v) is 3.45. The Bertz CT molecular complexity index is 492. The second kappa shape index (κ2) is 8.38. The molecule has 1 saturated heterocycles. The predicted molar refractivity (Wildman–Crippen MR) is 81.7 cm³/mol. The number of benzene rings is 1. The molecule has 1 aromatic carbocycles. The van der Waals surface area contributed by atoms with Gasteiger partial charge in [0.15, 0.2) is 0 Å². The highest BCUT2D eigenvalue weighted by Crippen LogP contribution is 2.12. The standard InChI is InChI=1S/C16H22N2O4/c1-2-21-15(19)13-17-9-6-10-18(12-11-17)16(20)22-14-7-4-3-5-8-14/h3-5,7-8H,2,6,9-13H2,1H3. The van der Waals surface area contributed by atoms with Gasteiger partial charge >= 0.3 is 12.1 Å². The highest BCUT2D eigenvalue weighted by atomic mass is 16.6. The second-order valence-electron chi connectivity index (χ2n) is 5.10. The molecule has 0 bridgehead atoms. The van der Waals surface area contributed by atoms with Gasteiger partial charge in [0.25, 0.3) is 0 Å². The second-order valence-corrected chi connectivity index (χ2v) is 5.10. The smallest absolute Gasteiger partial charge is 0.415 e. The molecule has 1 heterocycles. The molecule has 0 aromatic heterocycles. The lowest BCUT2D eigenvalue weighted by molar-refractivity contribution is -0.144. The molecule has 1 aromatic rings. The van der Waals surface area contributed by atoms with Gasteiger partial charge in [-0.05, 0) is 25.5 Å². The van der Waals surface area contributed by atoms with Gasteiger partial charge in [-0.2, -0.15) is 0 Å². The summed E-state index contributed by atoms with van der Waals surface area (Å²) in [7, 11) is 0. The monoisotopic (exact) mass is 306 g/mol. The molecule has 1 aliphatic heterocycles. The summed E-state index contributed by atoms with van der Waals surface area (Å²) in [6.45, 7) is 5.05. The summed E-state index contributed by atoms with van der Waals surface area (Å²) < 4.78 is 10.3. The van der Waals surface area contributed by atoms with Crippen LogP contribution in [-0.2, 0) is 9.53 Å². The quantitative estimate of drug-likeness (QED) is 0.793. The first kappa shape index (κ1) is 16.3. The number of nitrogens with zero attached hydrogens (tertiary/aromatic N) is 2. The van der Waals surface area contributed by atoms with Gasteiger partial charge in [0.1, 0.15) is 5.75 Å². The molecular formula is C16H22N2O4. The van der Waals surface area contributed by atoms with E-state index in [-0.39, 0.29) is 18.6 Å². The number of esters is 1. The Labute approximate surface area is 130 Å². The number of hydrogen-bond acceptors (Lipinski definition) is 5. The number of amides is 1. The average Bonchev–Trinajstić information content (AvgIpc) is 2.74. The SMILES string of the molecule is CCOC(=O)CN1CCCN(C(=O)Oc2ccccc2)CC1. The first-order valence-corrected chi connectivity index (χ1v) is 7.59. The highest BCUT2D eigenvalue weighted by molar-refractivity contribution is 5.72. The lowest BCUT2D eigenvalue weighted by Crippen LogP contribution is -2.38. The fourth-order valence-corrected chi connectivity index (χ4v) is 2.35. The van der Waals surface area contributed by atoms with E-state index in [1.807, 2.05) is 23.1 Å². The third kappa shape index (κ3) is 5.04. The van der Waals surface area contributed by atoms with Crippen molar-refractivity contribution in [3.8, 4) is 5.75 Å². The Morgan fingerprint density at radius 3 is 2.59 bits per heavy atom. The molecule has 0 atom stereocenters. The van der Waals surface area contributed by atoms with Crippen molar-refractivity contribution in [2.45, 2.75) is 13.3 Å². The molecule has 0 spiro atoms. The summed E-state index contributed by atoms with van der Waals surface area (Å²) in [5.41, 5.74) is 0. The van der Waals surface area contributed by atoms with Crippen molar-refractivity contribution in [1.82, 2.24) is 9.80 Å². The molecule has 1 fully saturated rings. The third-order valence-electron chi connectivity index (χ3n) is 3.45. The maximum atomic E-state index is 12.1. The fourth-order valence-electron chi connectivity index (χ4n) is 2.35. The van der Waals surface area contributed by atoms with Gasteiger partial charge in [0.05, 0.1) is 13.2 Å². The van der Waals surface area contributed by atoms with Crippen molar-refractivity contribution >= 4 is 12.1 Å². The van der Waals surface area contributed by atoms with Gasteiger partial charge in [0, 0.05) is 26.2 Å². The van der Waals surface area contributed by atoms with Crippen LogP contribution in [-0.4, -0.2) is 61.2 Å². The van der Waals surface area contributed by atoms with E-state index in [0.717, 1.165) is 13.0 Å². The summed E-state index contributed by atoms with van der Waals surface area (Å²) in [6.07, 6.45) is 0.465. The minimum Gasteiger partial charge on any atom is -0.465 e. The number of para-hydroxylation sites is 1. The van der Waals surface area contributed by atoms with Crippen LogP contribution < -0.4 is 4.74 Å². The van der Waals surface area contributed by atoms with Gasteiger partial charge in [-0.3, -0.25) is 9.69 Å². The molecule has 1 amide bonds. The highest BCUT2D eigenvalue weighted by Gasteiger charge is 2.22. The molecule has 1 aliphatic rings. The summed E-state index contributed by atoms with van der Waals surface area (Å²) in [5.74, 6) is 0.322. The zero-order valence-electron chi connectivity index (χ0n) is 12.9. The fraction of sp³-hybridized carbons (Fsp3) is 0.500. The topological polar surface area (TPSA) is 59.1 Å². The van der Waals surface area contributed by atoms with E-state index in [2.05, 4.69) is 0 Å². The molecule has 0 saturated carbocycles. The van der Waals surface area contributed by atoms with E-state index in [1.54, 1.807) is 24.0 Å². The lowest BCUT2D eigenvalue weighted by atomic mass is 10.3.